The van der Waals surface area contributed by atoms with Crippen LogP contribution in [-0.2, 0) is 0 Å². The molecule has 88 valence electrons. The van der Waals surface area contributed by atoms with Crippen LogP contribution in [0.3, 0.4) is 0 Å². The van der Waals surface area contributed by atoms with Crippen LogP contribution in [0.5, 0.6) is 0 Å². The van der Waals surface area contributed by atoms with E-state index in [-0.39, 0.29) is 11.4 Å². The summed E-state index contributed by atoms with van der Waals surface area (Å²) in [5, 5.41) is 3.00. The van der Waals surface area contributed by atoms with Gasteiger partial charge >= 0.3 is 0 Å². The number of carbonyl (C=O) groups is 1. The summed E-state index contributed by atoms with van der Waals surface area (Å²) in [5.74, 6) is 0.267. The molecular weight excluding hydrogens is 200 g/mol. The maximum Gasteiger partial charge on any atom is 0.270 e. The van der Waals surface area contributed by atoms with Gasteiger partial charge in [0.15, 0.2) is 0 Å². The van der Waals surface area contributed by atoms with Gasteiger partial charge in [-0.1, -0.05) is 19.9 Å². The predicted octanol–water partition coefficient (Wildman–Crippen LogP) is 2.55. The number of aromatic nitrogens is 1. The lowest BCUT2D eigenvalue weighted by atomic mass is 9.90. The van der Waals surface area contributed by atoms with Gasteiger partial charge in [-0.25, -0.2) is 4.98 Å². The molecule has 16 heavy (non-hydrogen) atoms. The van der Waals surface area contributed by atoms with Crippen molar-refractivity contribution >= 4 is 5.91 Å². The predicted molar refractivity (Wildman–Crippen MR) is 65.4 cm³/mol. The number of hydrogen-bond acceptors (Lipinski definition) is 2. The summed E-state index contributed by atoms with van der Waals surface area (Å²) in [4.78, 5) is 16.1. The Morgan fingerprint density at radius 3 is 2.50 bits per heavy atom. The van der Waals surface area contributed by atoms with Crippen molar-refractivity contribution in [3.05, 3.63) is 29.6 Å². The van der Waals surface area contributed by atoms with Gasteiger partial charge in [0.2, 0.25) is 0 Å². The highest BCUT2D eigenvalue weighted by Crippen LogP contribution is 2.15. The zero-order valence-corrected chi connectivity index (χ0v) is 10.7. The molecule has 0 spiro atoms. The lowest BCUT2D eigenvalue weighted by molar-refractivity contribution is 0.0885. The number of nitrogens with zero attached hydrogens (tertiary/aromatic N) is 1. The number of amides is 1. The van der Waals surface area contributed by atoms with E-state index in [1.54, 1.807) is 6.07 Å². The lowest BCUT2D eigenvalue weighted by Gasteiger charge is -2.30. The van der Waals surface area contributed by atoms with Crippen molar-refractivity contribution < 1.29 is 4.79 Å². The van der Waals surface area contributed by atoms with Crippen LogP contribution in [0.2, 0.25) is 0 Å². The molecule has 1 amide bonds. The number of aryl methyl sites for hydroxylation is 1. The Morgan fingerprint density at radius 1 is 1.38 bits per heavy atom. The van der Waals surface area contributed by atoms with E-state index in [2.05, 4.69) is 24.1 Å². The van der Waals surface area contributed by atoms with Crippen molar-refractivity contribution in [3.63, 3.8) is 0 Å². The minimum atomic E-state index is -0.220. The molecule has 0 unspecified atom stereocenters. The summed E-state index contributed by atoms with van der Waals surface area (Å²) in [5.41, 5.74) is 1.12. The Labute approximate surface area is 97.3 Å². The summed E-state index contributed by atoms with van der Waals surface area (Å²) >= 11 is 0. The molecule has 1 aromatic rings. The normalized spacial score (nSPS) is 11.6. The van der Waals surface area contributed by atoms with E-state index in [9.17, 15) is 4.79 Å². The van der Waals surface area contributed by atoms with Crippen LogP contribution in [0.25, 0.3) is 0 Å². The Bertz CT molecular complexity index is 383. The molecule has 0 saturated heterocycles. The van der Waals surface area contributed by atoms with Crippen LogP contribution in [0.1, 0.15) is 43.9 Å². The molecule has 3 heteroatoms. The third-order valence-corrected chi connectivity index (χ3v) is 3.00. The van der Waals surface area contributed by atoms with Crippen molar-refractivity contribution in [1.82, 2.24) is 10.3 Å². The van der Waals surface area contributed by atoms with Crippen molar-refractivity contribution in [2.45, 2.75) is 40.2 Å². The van der Waals surface area contributed by atoms with Crippen LogP contribution in [0, 0.1) is 12.8 Å². The molecule has 0 aliphatic carbocycles. The minimum absolute atomic E-state index is 0.109. The van der Waals surface area contributed by atoms with Gasteiger partial charge in [0.25, 0.3) is 5.91 Å². The molecule has 1 N–H and O–H groups in total. The van der Waals surface area contributed by atoms with Crippen LogP contribution in [0.15, 0.2) is 18.2 Å². The molecular formula is C13H20N2O. The lowest BCUT2D eigenvalue weighted by Crippen LogP contribution is -2.47. The maximum atomic E-state index is 11.9. The number of nitrogens with one attached hydrogen (secondary N) is 1. The van der Waals surface area contributed by atoms with Crippen LogP contribution >= 0.6 is 0 Å². The van der Waals surface area contributed by atoms with Crippen LogP contribution in [0.4, 0.5) is 0 Å². The molecule has 1 heterocycles. The highest BCUT2D eigenvalue weighted by Gasteiger charge is 2.25. The summed E-state index contributed by atoms with van der Waals surface area (Å²) in [6, 6.07) is 5.46. The number of rotatable bonds is 3. The number of pyridine rings is 1. The van der Waals surface area contributed by atoms with Gasteiger partial charge in [-0.3, -0.25) is 4.79 Å². The quantitative estimate of drug-likeness (QED) is 0.850. The van der Waals surface area contributed by atoms with Crippen molar-refractivity contribution in [2.75, 3.05) is 0 Å². The fourth-order valence-electron chi connectivity index (χ4n) is 1.17. The minimum Gasteiger partial charge on any atom is -0.346 e. The van der Waals surface area contributed by atoms with E-state index in [4.69, 9.17) is 0 Å². The van der Waals surface area contributed by atoms with E-state index >= 15 is 0 Å². The topological polar surface area (TPSA) is 42.0 Å². The van der Waals surface area contributed by atoms with Crippen molar-refractivity contribution in [2.24, 2.45) is 5.92 Å². The Hall–Kier alpha value is -1.38. The molecule has 0 aliphatic heterocycles. The maximum absolute atomic E-state index is 11.9. The number of carbonyl (C=O) groups excluding carboxylic acids is 1. The Balaban J connectivity index is 2.81. The van der Waals surface area contributed by atoms with Gasteiger partial charge in [0, 0.05) is 11.2 Å². The highest BCUT2D eigenvalue weighted by molar-refractivity contribution is 5.92. The van der Waals surface area contributed by atoms with Gasteiger partial charge in [-0.2, -0.15) is 0 Å². The molecule has 0 atom stereocenters. The SMILES string of the molecule is Cc1cccc(C(=O)NC(C)(C)C(C)C)n1. The van der Waals surface area contributed by atoms with Gasteiger partial charge in [-0.05, 0) is 38.8 Å². The van der Waals surface area contributed by atoms with E-state index in [1.807, 2.05) is 32.9 Å². The van der Waals surface area contributed by atoms with E-state index in [1.165, 1.54) is 0 Å². The zero-order chi connectivity index (χ0) is 12.3. The monoisotopic (exact) mass is 220 g/mol. The average Bonchev–Trinajstić information content (AvgIpc) is 2.16. The fraction of sp³-hybridized carbons (Fsp3) is 0.538. The third kappa shape index (κ3) is 3.05. The van der Waals surface area contributed by atoms with Gasteiger partial charge in [0.1, 0.15) is 5.69 Å². The first kappa shape index (κ1) is 12.7. The standard InChI is InChI=1S/C13H20N2O/c1-9(2)13(4,5)15-12(16)11-8-6-7-10(3)14-11/h6-9H,1-5H3,(H,15,16). The van der Waals surface area contributed by atoms with Gasteiger partial charge < -0.3 is 5.32 Å². The van der Waals surface area contributed by atoms with E-state index in [0.717, 1.165) is 5.69 Å². The molecule has 0 aliphatic rings. The average molecular weight is 220 g/mol. The van der Waals surface area contributed by atoms with Gasteiger partial charge in [0.05, 0.1) is 0 Å². The third-order valence-electron chi connectivity index (χ3n) is 3.00. The summed E-state index contributed by atoms with van der Waals surface area (Å²) in [6.07, 6.45) is 0. The summed E-state index contributed by atoms with van der Waals surface area (Å²) < 4.78 is 0. The Morgan fingerprint density at radius 2 is 2.00 bits per heavy atom. The highest BCUT2D eigenvalue weighted by atomic mass is 16.2. The molecule has 0 bridgehead atoms. The second kappa shape index (κ2) is 4.64. The second-order valence-corrected chi connectivity index (χ2v) is 4.99. The zero-order valence-electron chi connectivity index (χ0n) is 10.7. The molecule has 1 rings (SSSR count). The van der Waals surface area contributed by atoms with Crippen LogP contribution < -0.4 is 5.32 Å². The molecule has 0 saturated carbocycles. The molecule has 1 aromatic heterocycles. The van der Waals surface area contributed by atoms with Crippen LogP contribution in [-0.4, -0.2) is 16.4 Å². The van der Waals surface area contributed by atoms with Gasteiger partial charge in [-0.15, -0.1) is 0 Å². The first-order valence-corrected chi connectivity index (χ1v) is 5.59. The largest absolute Gasteiger partial charge is 0.346 e. The smallest absolute Gasteiger partial charge is 0.270 e. The molecule has 0 aromatic carbocycles. The molecule has 0 fully saturated rings. The van der Waals surface area contributed by atoms with E-state index in [0.29, 0.717) is 11.6 Å². The second-order valence-electron chi connectivity index (χ2n) is 4.99. The first-order valence-electron chi connectivity index (χ1n) is 5.59. The molecule has 3 nitrogen and oxygen atoms in total. The van der Waals surface area contributed by atoms with Crippen molar-refractivity contribution in [1.29, 1.82) is 0 Å². The summed E-state index contributed by atoms with van der Waals surface area (Å²) in [7, 11) is 0. The first-order chi connectivity index (χ1) is 7.33. The number of hydrogen-bond donors (Lipinski definition) is 1. The summed E-state index contributed by atoms with van der Waals surface area (Å²) in [6.45, 7) is 10.1. The fourth-order valence-corrected chi connectivity index (χ4v) is 1.17. The van der Waals surface area contributed by atoms with E-state index < -0.39 is 0 Å². The Kier molecular flexibility index (Phi) is 3.68. The van der Waals surface area contributed by atoms with Crippen molar-refractivity contribution in [3.8, 4) is 0 Å². The molecule has 0 radical (unpaired) electrons.